The van der Waals surface area contributed by atoms with Gasteiger partial charge in [-0.25, -0.2) is 9.59 Å². The molecule has 136 valence electrons. The average Bonchev–Trinajstić information content (AvgIpc) is 2.51. The van der Waals surface area contributed by atoms with Crippen LogP contribution in [0.2, 0.25) is 0 Å². The SMILES string of the molecule is O=C(O)C1=C[C@H](O)[C@H](O)[C@H](O[C@H]2[C@H](O)[C@H](O)[C@H](O)O[C@@H]2C(=O)O)O1. The lowest BCUT2D eigenvalue weighted by Gasteiger charge is -2.41. The normalized spacial score (nSPS) is 42.8. The van der Waals surface area contributed by atoms with Crippen LogP contribution in [0.25, 0.3) is 0 Å². The Morgan fingerprint density at radius 1 is 1.00 bits per heavy atom. The Labute approximate surface area is 133 Å². The first-order chi connectivity index (χ1) is 11.1. The number of carbonyl (C=O) groups is 2. The van der Waals surface area contributed by atoms with Crippen LogP contribution in [0.5, 0.6) is 0 Å². The summed E-state index contributed by atoms with van der Waals surface area (Å²) in [5.41, 5.74) is 0. The van der Waals surface area contributed by atoms with Gasteiger partial charge >= 0.3 is 11.9 Å². The summed E-state index contributed by atoms with van der Waals surface area (Å²) in [4.78, 5) is 22.0. The van der Waals surface area contributed by atoms with Crippen molar-refractivity contribution in [2.75, 3.05) is 0 Å². The van der Waals surface area contributed by atoms with Gasteiger partial charge in [-0.2, -0.15) is 0 Å². The van der Waals surface area contributed by atoms with E-state index in [1.165, 1.54) is 0 Å². The largest absolute Gasteiger partial charge is 0.479 e. The summed E-state index contributed by atoms with van der Waals surface area (Å²) >= 11 is 0. The maximum atomic E-state index is 11.2. The van der Waals surface area contributed by atoms with E-state index < -0.39 is 66.9 Å². The van der Waals surface area contributed by atoms with Crippen LogP contribution in [0.4, 0.5) is 0 Å². The molecule has 0 aromatic carbocycles. The quantitative estimate of drug-likeness (QED) is 0.258. The molecule has 0 spiro atoms. The second kappa shape index (κ2) is 6.98. The molecule has 2 heterocycles. The van der Waals surface area contributed by atoms with Crippen molar-refractivity contribution in [3.63, 3.8) is 0 Å². The van der Waals surface area contributed by atoms with Gasteiger partial charge in [0.15, 0.2) is 12.4 Å². The second-order valence-corrected chi connectivity index (χ2v) is 5.17. The monoisotopic (exact) mass is 352 g/mol. The van der Waals surface area contributed by atoms with Crippen LogP contribution in [0.1, 0.15) is 0 Å². The first kappa shape index (κ1) is 18.5. The first-order valence-electron chi connectivity index (χ1n) is 6.69. The van der Waals surface area contributed by atoms with Gasteiger partial charge in [-0.15, -0.1) is 0 Å². The molecule has 2 aliphatic heterocycles. The van der Waals surface area contributed by atoms with Gasteiger partial charge in [-0.1, -0.05) is 0 Å². The third-order valence-electron chi connectivity index (χ3n) is 3.50. The molecule has 7 N–H and O–H groups in total. The minimum absolute atomic E-state index is 0.702. The third kappa shape index (κ3) is 3.49. The highest BCUT2D eigenvalue weighted by Crippen LogP contribution is 2.27. The number of aliphatic hydroxyl groups is 5. The molecule has 12 nitrogen and oxygen atoms in total. The van der Waals surface area contributed by atoms with Crippen molar-refractivity contribution in [2.24, 2.45) is 0 Å². The van der Waals surface area contributed by atoms with Crippen LogP contribution in [0.15, 0.2) is 11.8 Å². The van der Waals surface area contributed by atoms with Crippen LogP contribution in [0.3, 0.4) is 0 Å². The summed E-state index contributed by atoms with van der Waals surface area (Å²) in [5.74, 6) is -4.01. The Bertz CT molecular complexity index is 532. The van der Waals surface area contributed by atoms with Crippen LogP contribution >= 0.6 is 0 Å². The summed E-state index contributed by atoms with van der Waals surface area (Å²) in [6.07, 6.45) is -14.3. The Hall–Kier alpha value is -1.80. The maximum Gasteiger partial charge on any atom is 0.371 e. The van der Waals surface area contributed by atoms with Gasteiger partial charge in [0.1, 0.15) is 30.5 Å². The number of aliphatic hydroxyl groups excluding tert-OH is 5. The van der Waals surface area contributed by atoms with E-state index in [1.54, 1.807) is 0 Å². The molecule has 0 unspecified atom stereocenters. The molecule has 1 fully saturated rings. The molecule has 0 bridgehead atoms. The second-order valence-electron chi connectivity index (χ2n) is 5.17. The molecule has 0 saturated carbocycles. The lowest BCUT2D eigenvalue weighted by Crippen LogP contribution is -2.62. The number of carboxylic acid groups (broad SMARTS) is 2. The van der Waals surface area contributed by atoms with Crippen molar-refractivity contribution in [1.29, 1.82) is 0 Å². The zero-order valence-electron chi connectivity index (χ0n) is 11.9. The van der Waals surface area contributed by atoms with Crippen molar-refractivity contribution in [3.05, 3.63) is 11.8 Å². The maximum absolute atomic E-state index is 11.2. The van der Waals surface area contributed by atoms with Crippen molar-refractivity contribution in [2.45, 2.75) is 49.2 Å². The molecule has 0 amide bonds. The van der Waals surface area contributed by atoms with Gasteiger partial charge in [-0.05, 0) is 6.08 Å². The minimum atomic E-state index is -2.00. The standard InChI is InChI=1S/C12H16O12/c13-2-1-3(9(17)18)22-12(4(2)14)24-7-5(15)6(16)11(21)23-8(7)10(19)20/h1-2,4-8,11-16,21H,(H,17,18)(H,19,20)/t2-,4-,5+,6-,7-,8-,11+,12-/m0/s1. The Morgan fingerprint density at radius 3 is 2.17 bits per heavy atom. The average molecular weight is 352 g/mol. The van der Waals surface area contributed by atoms with Crippen molar-refractivity contribution >= 4 is 11.9 Å². The zero-order chi connectivity index (χ0) is 18.2. The molecule has 0 aromatic rings. The number of ether oxygens (including phenoxy) is 3. The molecule has 24 heavy (non-hydrogen) atoms. The highest BCUT2D eigenvalue weighted by Gasteiger charge is 2.50. The molecular weight excluding hydrogens is 336 g/mol. The summed E-state index contributed by atoms with van der Waals surface area (Å²) in [5, 5.41) is 66.0. The molecule has 0 aliphatic carbocycles. The summed E-state index contributed by atoms with van der Waals surface area (Å²) < 4.78 is 14.4. The van der Waals surface area contributed by atoms with E-state index in [1.807, 2.05) is 0 Å². The van der Waals surface area contributed by atoms with E-state index in [4.69, 9.17) is 19.7 Å². The van der Waals surface area contributed by atoms with Crippen molar-refractivity contribution < 1.29 is 59.5 Å². The smallest absolute Gasteiger partial charge is 0.371 e. The van der Waals surface area contributed by atoms with E-state index in [0.29, 0.717) is 6.08 Å². The molecule has 2 aliphatic rings. The zero-order valence-corrected chi connectivity index (χ0v) is 11.9. The highest BCUT2D eigenvalue weighted by atomic mass is 16.7. The fourth-order valence-electron chi connectivity index (χ4n) is 2.23. The van der Waals surface area contributed by atoms with Gasteiger partial charge < -0.3 is 50.0 Å². The molecule has 2 rings (SSSR count). The fraction of sp³-hybridized carbons (Fsp3) is 0.667. The van der Waals surface area contributed by atoms with Gasteiger partial charge in [-0.3, -0.25) is 0 Å². The van der Waals surface area contributed by atoms with Gasteiger partial charge in [0.2, 0.25) is 12.0 Å². The number of rotatable bonds is 4. The van der Waals surface area contributed by atoms with Crippen LogP contribution < -0.4 is 0 Å². The number of hydrogen-bond acceptors (Lipinski definition) is 10. The Morgan fingerprint density at radius 2 is 1.62 bits per heavy atom. The third-order valence-corrected chi connectivity index (χ3v) is 3.50. The number of aliphatic carboxylic acids is 2. The lowest BCUT2D eigenvalue weighted by molar-refractivity contribution is -0.319. The number of hydrogen-bond donors (Lipinski definition) is 7. The molecule has 0 aromatic heterocycles. The van der Waals surface area contributed by atoms with Gasteiger partial charge in [0.25, 0.3) is 0 Å². The summed E-state index contributed by atoms with van der Waals surface area (Å²) in [7, 11) is 0. The van der Waals surface area contributed by atoms with Crippen LogP contribution in [-0.2, 0) is 23.8 Å². The van der Waals surface area contributed by atoms with Crippen molar-refractivity contribution in [3.8, 4) is 0 Å². The Balaban J connectivity index is 2.21. The van der Waals surface area contributed by atoms with Crippen LogP contribution in [-0.4, -0.2) is 96.9 Å². The highest BCUT2D eigenvalue weighted by molar-refractivity contribution is 5.84. The fourth-order valence-corrected chi connectivity index (χ4v) is 2.23. The summed E-state index contributed by atoms with van der Waals surface area (Å²) in [6, 6.07) is 0. The van der Waals surface area contributed by atoms with E-state index in [9.17, 15) is 35.1 Å². The molecular formula is C12H16O12. The predicted molar refractivity (Wildman–Crippen MR) is 68.0 cm³/mol. The summed E-state index contributed by atoms with van der Waals surface area (Å²) in [6.45, 7) is 0. The van der Waals surface area contributed by atoms with Crippen LogP contribution in [0, 0.1) is 0 Å². The van der Waals surface area contributed by atoms with Gasteiger partial charge in [0, 0.05) is 0 Å². The first-order valence-corrected chi connectivity index (χ1v) is 6.69. The van der Waals surface area contributed by atoms with Gasteiger partial charge in [0.05, 0.1) is 0 Å². The predicted octanol–water partition coefficient (Wildman–Crippen LogP) is -4.06. The molecule has 1 saturated heterocycles. The Kier molecular flexibility index (Phi) is 5.39. The molecule has 12 heteroatoms. The topological polar surface area (TPSA) is 203 Å². The van der Waals surface area contributed by atoms with E-state index in [-0.39, 0.29) is 0 Å². The van der Waals surface area contributed by atoms with E-state index in [2.05, 4.69) is 4.74 Å². The lowest BCUT2D eigenvalue weighted by atomic mass is 9.98. The molecule has 8 atom stereocenters. The van der Waals surface area contributed by atoms with E-state index in [0.717, 1.165) is 0 Å². The van der Waals surface area contributed by atoms with E-state index >= 15 is 0 Å². The molecule has 0 radical (unpaired) electrons. The minimum Gasteiger partial charge on any atom is -0.479 e. The number of carboxylic acids is 2. The van der Waals surface area contributed by atoms with Crippen molar-refractivity contribution in [1.82, 2.24) is 0 Å².